The first-order valence-corrected chi connectivity index (χ1v) is 16.3. The van der Waals surface area contributed by atoms with E-state index in [0.717, 1.165) is 28.5 Å². The summed E-state index contributed by atoms with van der Waals surface area (Å²) in [6.45, 7) is 13.4. The number of para-hydroxylation sites is 1. The molecule has 1 aromatic carbocycles. The molecule has 5 rings (SSSR count). The van der Waals surface area contributed by atoms with E-state index in [1.165, 1.54) is 32.8 Å². The second-order valence-corrected chi connectivity index (χ2v) is 11.8. The van der Waals surface area contributed by atoms with Gasteiger partial charge in [-0.3, -0.25) is 4.79 Å². The number of ether oxygens (including phenoxy) is 4. The van der Waals surface area contributed by atoms with Gasteiger partial charge in [-0.1, -0.05) is 85.4 Å². The van der Waals surface area contributed by atoms with E-state index in [2.05, 4.69) is 34.6 Å². The summed E-state index contributed by atoms with van der Waals surface area (Å²) in [5.74, 6) is -1.43. The molecule has 9 heteroatoms. The van der Waals surface area contributed by atoms with E-state index in [-0.39, 0.29) is 31.8 Å². The van der Waals surface area contributed by atoms with Crippen LogP contribution < -0.4 is 5.56 Å². The van der Waals surface area contributed by atoms with Crippen LogP contribution in [0, 0.1) is 5.41 Å². The number of rotatable bonds is 12. The van der Waals surface area contributed by atoms with E-state index >= 15 is 0 Å². The lowest BCUT2D eigenvalue weighted by molar-refractivity contribution is -0.192. The van der Waals surface area contributed by atoms with Crippen molar-refractivity contribution in [2.24, 2.45) is 5.41 Å². The van der Waals surface area contributed by atoms with Gasteiger partial charge in [0.2, 0.25) is 5.60 Å². The predicted molar refractivity (Wildman–Crippen MR) is 174 cm³/mol. The number of carbonyl (C=O) groups excluding carboxylic acids is 2. The van der Waals surface area contributed by atoms with Gasteiger partial charge < -0.3 is 23.5 Å². The minimum Gasteiger partial charge on any atom is -0.457 e. The van der Waals surface area contributed by atoms with Crippen molar-refractivity contribution < 1.29 is 28.5 Å². The fraction of sp³-hybridized carbons (Fsp3) is 0.556. The number of methoxy groups -OCH3 is 1. The van der Waals surface area contributed by atoms with Crippen molar-refractivity contribution in [3.8, 4) is 11.4 Å². The Morgan fingerprint density at radius 2 is 1.69 bits per heavy atom. The molecule has 0 N–H and O–H groups in total. The molecule has 0 amide bonds. The van der Waals surface area contributed by atoms with E-state index in [1.54, 1.807) is 17.6 Å². The first kappa shape index (κ1) is 34.3. The first-order valence-electron chi connectivity index (χ1n) is 16.3. The Balaban J connectivity index is 0.000000448. The molecule has 45 heavy (non-hydrogen) atoms. The summed E-state index contributed by atoms with van der Waals surface area (Å²) in [6.07, 6.45) is 6.26. The Morgan fingerprint density at radius 1 is 1.00 bits per heavy atom. The average Bonchev–Trinajstić information content (AvgIpc) is 3.43. The minimum atomic E-state index is -1.74. The van der Waals surface area contributed by atoms with Crippen LogP contribution in [0.2, 0.25) is 0 Å². The highest BCUT2D eigenvalue weighted by atomic mass is 16.6. The van der Waals surface area contributed by atoms with Gasteiger partial charge in [-0.25, -0.2) is 14.6 Å². The summed E-state index contributed by atoms with van der Waals surface area (Å²) >= 11 is 0. The number of aryl methyl sites for hydroxylation is 1. The number of cyclic esters (lactones) is 1. The number of hydrogen-bond acceptors (Lipinski definition) is 8. The van der Waals surface area contributed by atoms with Crippen molar-refractivity contribution in [3.63, 3.8) is 0 Å². The van der Waals surface area contributed by atoms with E-state index in [1.807, 2.05) is 24.3 Å². The van der Waals surface area contributed by atoms with Crippen LogP contribution >= 0.6 is 0 Å². The number of nitrogens with zero attached hydrogens (tertiary/aromatic N) is 2. The highest BCUT2D eigenvalue weighted by Gasteiger charge is 2.50. The van der Waals surface area contributed by atoms with Crippen molar-refractivity contribution in [2.75, 3.05) is 26.9 Å². The van der Waals surface area contributed by atoms with Crippen LogP contribution in [-0.2, 0) is 53.7 Å². The molecule has 0 spiro atoms. The maximum atomic E-state index is 13.7. The molecule has 0 unspecified atom stereocenters. The van der Waals surface area contributed by atoms with E-state index < -0.39 is 17.5 Å². The highest BCUT2D eigenvalue weighted by molar-refractivity contribution is 5.90. The molecule has 9 nitrogen and oxygen atoms in total. The highest BCUT2D eigenvalue weighted by Crippen LogP contribution is 2.42. The van der Waals surface area contributed by atoms with Crippen molar-refractivity contribution in [1.29, 1.82) is 0 Å². The fourth-order valence-electron chi connectivity index (χ4n) is 6.70. The monoisotopic (exact) mass is 620 g/mol. The molecule has 0 radical (unpaired) electrons. The molecule has 2 aliphatic heterocycles. The van der Waals surface area contributed by atoms with E-state index in [9.17, 15) is 14.4 Å². The second kappa shape index (κ2) is 14.7. The lowest BCUT2D eigenvalue weighted by atomic mass is 9.78. The lowest BCUT2D eigenvalue weighted by Gasteiger charge is -2.35. The van der Waals surface area contributed by atoms with Crippen molar-refractivity contribution in [1.82, 2.24) is 9.55 Å². The topological polar surface area (TPSA) is 106 Å². The van der Waals surface area contributed by atoms with Crippen LogP contribution in [0.15, 0.2) is 35.1 Å². The average molecular weight is 621 g/mol. The zero-order chi connectivity index (χ0) is 32.8. The van der Waals surface area contributed by atoms with Gasteiger partial charge in [-0.05, 0) is 36.0 Å². The number of carbonyl (C=O) groups is 2. The lowest BCUT2D eigenvalue weighted by Crippen LogP contribution is -2.48. The van der Waals surface area contributed by atoms with Gasteiger partial charge in [0.1, 0.15) is 13.2 Å². The molecule has 0 saturated carbocycles. The van der Waals surface area contributed by atoms with E-state index in [0.29, 0.717) is 41.1 Å². The van der Waals surface area contributed by atoms with Crippen LogP contribution in [0.3, 0.4) is 0 Å². The summed E-state index contributed by atoms with van der Waals surface area (Å²) < 4.78 is 22.9. The number of pyridine rings is 2. The fourth-order valence-corrected chi connectivity index (χ4v) is 6.70. The Labute approximate surface area is 266 Å². The molecule has 1 atom stereocenters. The Morgan fingerprint density at radius 3 is 2.29 bits per heavy atom. The number of hydrogen-bond donors (Lipinski definition) is 0. The number of aromatic nitrogens is 2. The van der Waals surface area contributed by atoms with Crippen molar-refractivity contribution >= 4 is 22.8 Å². The molecule has 2 aromatic heterocycles. The van der Waals surface area contributed by atoms with Gasteiger partial charge in [0.25, 0.3) is 5.56 Å². The summed E-state index contributed by atoms with van der Waals surface area (Å²) in [5, 5.41) is 1.06. The Hall–Kier alpha value is -3.56. The number of esters is 2. The molecule has 0 fully saturated rings. The molecule has 2 aliphatic rings. The molecule has 4 heterocycles. The number of benzene rings is 1. The first-order chi connectivity index (χ1) is 21.7. The molecule has 0 bridgehead atoms. The van der Waals surface area contributed by atoms with Gasteiger partial charge >= 0.3 is 11.9 Å². The maximum Gasteiger partial charge on any atom is 0.355 e. The third-order valence-electron chi connectivity index (χ3n) is 9.97. The van der Waals surface area contributed by atoms with Crippen LogP contribution in [-0.4, -0.2) is 48.4 Å². The molecular weight excluding hydrogens is 572 g/mol. The molecular formula is C36H48N2O7. The van der Waals surface area contributed by atoms with Crippen LogP contribution in [0.25, 0.3) is 22.3 Å². The quantitative estimate of drug-likeness (QED) is 0.131. The SMILES string of the molecule is CCC(CC)(CC)CC.CCc1c2c(nc3ccccc13)-c1cc3c(c(=O)n1C2)COC(=O)[C@@]3(CC)OC(=O)COCCOC. The van der Waals surface area contributed by atoms with Gasteiger partial charge in [0.05, 0.1) is 42.2 Å². The third-order valence-corrected chi connectivity index (χ3v) is 9.97. The molecule has 3 aromatic rings. The smallest absolute Gasteiger partial charge is 0.355 e. The van der Waals surface area contributed by atoms with Gasteiger partial charge in [0, 0.05) is 23.6 Å². The molecule has 244 valence electrons. The zero-order valence-corrected chi connectivity index (χ0v) is 27.9. The standard InChI is InChI=1S/C27H28N2O7.C9H20/c1-4-16-17-8-6-7-9-21(17)28-24-18(16)13-29-22(24)12-20-19(25(29)31)14-35-26(32)27(20,5-2)36-23(30)15-34-11-10-33-3;1-5-9(6-2,7-3)8-4/h6-9,12H,4-5,10-11,13-15H2,1-3H3;5-8H2,1-4H3/t27-;/m0./s1. The maximum absolute atomic E-state index is 13.7. The van der Waals surface area contributed by atoms with Crippen LogP contribution in [0.1, 0.15) is 95.9 Å². The Kier molecular flexibility index (Phi) is 11.2. The second-order valence-electron chi connectivity index (χ2n) is 11.8. The largest absolute Gasteiger partial charge is 0.457 e. The normalized spacial score (nSPS) is 16.7. The minimum absolute atomic E-state index is 0.101. The summed E-state index contributed by atoms with van der Waals surface area (Å²) in [4.78, 5) is 44.3. The zero-order valence-electron chi connectivity index (χ0n) is 27.9. The van der Waals surface area contributed by atoms with Crippen LogP contribution in [0.5, 0.6) is 0 Å². The van der Waals surface area contributed by atoms with E-state index in [4.69, 9.17) is 23.9 Å². The van der Waals surface area contributed by atoms with Crippen LogP contribution in [0.4, 0.5) is 0 Å². The van der Waals surface area contributed by atoms with Gasteiger partial charge in [-0.2, -0.15) is 0 Å². The number of fused-ring (bicyclic) bond motifs is 5. The Bertz CT molecular complexity index is 1570. The summed E-state index contributed by atoms with van der Waals surface area (Å²) in [6, 6.07) is 9.68. The summed E-state index contributed by atoms with van der Waals surface area (Å²) in [5.41, 5.74) is 3.61. The third kappa shape index (κ3) is 6.42. The predicted octanol–water partition coefficient (Wildman–Crippen LogP) is 6.47. The molecule has 0 saturated heterocycles. The van der Waals surface area contributed by atoms with Crippen molar-refractivity contribution in [2.45, 2.75) is 98.8 Å². The van der Waals surface area contributed by atoms with Gasteiger partial charge in [0.15, 0.2) is 0 Å². The summed E-state index contributed by atoms with van der Waals surface area (Å²) in [7, 11) is 1.53. The molecule has 0 aliphatic carbocycles. The van der Waals surface area contributed by atoms with Gasteiger partial charge in [-0.15, -0.1) is 0 Å². The van der Waals surface area contributed by atoms with Crippen molar-refractivity contribution in [3.05, 3.63) is 62.9 Å².